The topological polar surface area (TPSA) is 18.5 Å². The number of hydrogen-bond donors (Lipinski definition) is 0. The Morgan fingerprint density at radius 2 is 2.06 bits per heavy atom. The van der Waals surface area contributed by atoms with Crippen LogP contribution in [0.3, 0.4) is 0 Å². The molecule has 0 N–H and O–H groups in total. The van der Waals surface area contributed by atoms with Crippen molar-refractivity contribution in [2.45, 2.75) is 38.1 Å². The molecule has 1 saturated heterocycles. The van der Waals surface area contributed by atoms with Gasteiger partial charge in [0.1, 0.15) is 0 Å². The van der Waals surface area contributed by atoms with Crippen molar-refractivity contribution in [1.82, 2.24) is 0 Å². The fraction of sp³-hybridized carbons (Fsp3) is 0.571. The molecule has 1 aromatic rings. The van der Waals surface area contributed by atoms with Crippen molar-refractivity contribution in [3.8, 4) is 0 Å². The minimum Gasteiger partial charge on any atom is -0.374 e. The Morgan fingerprint density at radius 1 is 1.31 bits per heavy atom. The van der Waals surface area contributed by atoms with Crippen LogP contribution in [-0.2, 0) is 16.1 Å². The predicted octanol–water partition coefficient (Wildman–Crippen LogP) is 2.77. The third-order valence-corrected chi connectivity index (χ3v) is 3.91. The first-order chi connectivity index (χ1) is 7.80. The molecule has 2 fully saturated rings. The lowest BCUT2D eigenvalue weighted by Crippen LogP contribution is -2.51. The van der Waals surface area contributed by atoms with Gasteiger partial charge >= 0.3 is 0 Å². The summed E-state index contributed by atoms with van der Waals surface area (Å²) in [6.45, 7) is 3.71. The molecule has 0 unspecified atom stereocenters. The molecule has 0 radical (unpaired) electrons. The Morgan fingerprint density at radius 3 is 2.69 bits per heavy atom. The molecule has 1 heterocycles. The quantitative estimate of drug-likeness (QED) is 0.773. The van der Waals surface area contributed by atoms with Crippen molar-refractivity contribution in [2.24, 2.45) is 5.92 Å². The van der Waals surface area contributed by atoms with Gasteiger partial charge in [-0.3, -0.25) is 0 Å². The van der Waals surface area contributed by atoms with E-state index in [1.165, 1.54) is 18.4 Å². The zero-order valence-corrected chi connectivity index (χ0v) is 9.69. The number of benzene rings is 1. The summed E-state index contributed by atoms with van der Waals surface area (Å²) in [5.74, 6) is 0.684. The molecule has 1 aliphatic carbocycles. The number of ether oxygens (including phenoxy) is 2. The lowest BCUT2D eigenvalue weighted by Gasteiger charge is -2.43. The van der Waals surface area contributed by atoms with Crippen molar-refractivity contribution in [3.63, 3.8) is 0 Å². The maximum Gasteiger partial charge on any atom is 0.0869 e. The summed E-state index contributed by atoms with van der Waals surface area (Å²) in [5.41, 5.74) is 1.51. The van der Waals surface area contributed by atoms with Gasteiger partial charge in [0.25, 0.3) is 0 Å². The molecule has 86 valence electrons. The molecule has 0 amide bonds. The van der Waals surface area contributed by atoms with Gasteiger partial charge in [0.15, 0.2) is 0 Å². The van der Waals surface area contributed by atoms with E-state index in [-0.39, 0.29) is 5.60 Å². The van der Waals surface area contributed by atoms with Crippen LogP contribution in [0.4, 0.5) is 0 Å². The van der Waals surface area contributed by atoms with Crippen LogP contribution in [0.25, 0.3) is 0 Å². The molecule has 2 atom stereocenters. The van der Waals surface area contributed by atoms with Gasteiger partial charge in [0.2, 0.25) is 0 Å². The lowest BCUT2D eigenvalue weighted by molar-refractivity contribution is -0.217. The number of hydrogen-bond acceptors (Lipinski definition) is 2. The Kier molecular flexibility index (Phi) is 2.49. The van der Waals surface area contributed by atoms with E-state index in [0.29, 0.717) is 18.6 Å². The largest absolute Gasteiger partial charge is 0.374 e. The Bertz CT molecular complexity index is 356. The monoisotopic (exact) mass is 218 g/mol. The molecular weight excluding hydrogens is 200 g/mol. The molecule has 0 aromatic heterocycles. The molecular formula is C14H18O2. The van der Waals surface area contributed by atoms with Gasteiger partial charge in [0.05, 0.1) is 24.9 Å². The first kappa shape index (κ1) is 10.3. The fourth-order valence-electron chi connectivity index (χ4n) is 2.52. The van der Waals surface area contributed by atoms with Crippen molar-refractivity contribution in [2.75, 3.05) is 6.61 Å². The summed E-state index contributed by atoms with van der Waals surface area (Å²) >= 11 is 0. The summed E-state index contributed by atoms with van der Waals surface area (Å²) < 4.78 is 11.6. The van der Waals surface area contributed by atoms with Crippen LogP contribution in [0.5, 0.6) is 0 Å². The minimum atomic E-state index is 0.279. The first-order valence-electron chi connectivity index (χ1n) is 6.10. The predicted molar refractivity (Wildman–Crippen MR) is 62.1 cm³/mol. The van der Waals surface area contributed by atoms with Crippen LogP contribution in [-0.4, -0.2) is 18.3 Å². The molecule has 2 aliphatic rings. The number of rotatable bonds is 4. The maximum atomic E-state index is 5.86. The van der Waals surface area contributed by atoms with E-state index in [9.17, 15) is 0 Å². The highest BCUT2D eigenvalue weighted by Crippen LogP contribution is 2.56. The minimum absolute atomic E-state index is 0.279. The van der Waals surface area contributed by atoms with E-state index in [0.717, 1.165) is 6.61 Å². The van der Waals surface area contributed by atoms with E-state index in [1.54, 1.807) is 0 Å². The summed E-state index contributed by atoms with van der Waals surface area (Å²) in [6.07, 6.45) is 2.83. The Balaban J connectivity index is 1.41. The second kappa shape index (κ2) is 3.86. The molecule has 1 spiro atoms. The van der Waals surface area contributed by atoms with Crippen LogP contribution < -0.4 is 0 Å². The van der Waals surface area contributed by atoms with Gasteiger partial charge in [-0.2, -0.15) is 0 Å². The molecule has 1 aliphatic heterocycles. The highest BCUT2D eigenvalue weighted by atomic mass is 16.6. The molecule has 2 heteroatoms. The van der Waals surface area contributed by atoms with Crippen molar-refractivity contribution in [1.29, 1.82) is 0 Å². The van der Waals surface area contributed by atoms with Gasteiger partial charge in [-0.05, 0) is 18.4 Å². The van der Waals surface area contributed by atoms with Gasteiger partial charge in [-0.1, -0.05) is 37.3 Å². The lowest BCUT2D eigenvalue weighted by atomic mass is 9.89. The summed E-state index contributed by atoms with van der Waals surface area (Å²) in [6, 6.07) is 10.3. The molecule has 3 rings (SSSR count). The van der Waals surface area contributed by atoms with E-state index >= 15 is 0 Å². The van der Waals surface area contributed by atoms with Gasteiger partial charge in [-0.25, -0.2) is 0 Å². The van der Waals surface area contributed by atoms with Crippen LogP contribution in [0, 0.1) is 5.92 Å². The summed E-state index contributed by atoms with van der Waals surface area (Å²) in [7, 11) is 0. The Labute approximate surface area is 96.6 Å². The zero-order valence-electron chi connectivity index (χ0n) is 9.69. The van der Waals surface area contributed by atoms with Gasteiger partial charge < -0.3 is 9.47 Å². The van der Waals surface area contributed by atoms with Crippen LogP contribution in [0.2, 0.25) is 0 Å². The van der Waals surface area contributed by atoms with Crippen molar-refractivity contribution in [3.05, 3.63) is 35.9 Å². The maximum absolute atomic E-state index is 5.86. The third kappa shape index (κ3) is 1.76. The molecule has 2 nitrogen and oxygen atoms in total. The molecule has 0 bridgehead atoms. The average molecular weight is 218 g/mol. The van der Waals surface area contributed by atoms with Crippen LogP contribution in [0.15, 0.2) is 30.3 Å². The SMILES string of the molecule is C[C@@H]1[C@@H](COCc2ccccc2)OC12CC2. The highest BCUT2D eigenvalue weighted by molar-refractivity contribution is 5.13. The second-order valence-corrected chi connectivity index (χ2v) is 5.01. The fourth-order valence-corrected chi connectivity index (χ4v) is 2.52. The van der Waals surface area contributed by atoms with Crippen molar-refractivity contribution < 1.29 is 9.47 Å². The van der Waals surface area contributed by atoms with E-state index in [1.807, 2.05) is 18.2 Å². The average Bonchev–Trinajstić information content (AvgIpc) is 3.11. The Hall–Kier alpha value is -0.860. The third-order valence-electron chi connectivity index (χ3n) is 3.91. The van der Waals surface area contributed by atoms with Crippen LogP contribution >= 0.6 is 0 Å². The highest BCUT2D eigenvalue weighted by Gasteiger charge is 2.60. The first-order valence-corrected chi connectivity index (χ1v) is 6.10. The summed E-state index contributed by atoms with van der Waals surface area (Å²) in [4.78, 5) is 0. The zero-order chi connectivity index (χ0) is 11.0. The molecule has 1 saturated carbocycles. The van der Waals surface area contributed by atoms with Gasteiger partial charge in [0, 0.05) is 5.92 Å². The van der Waals surface area contributed by atoms with E-state index in [4.69, 9.17) is 9.47 Å². The van der Waals surface area contributed by atoms with Crippen molar-refractivity contribution >= 4 is 0 Å². The smallest absolute Gasteiger partial charge is 0.0869 e. The van der Waals surface area contributed by atoms with Crippen LogP contribution in [0.1, 0.15) is 25.3 Å². The van der Waals surface area contributed by atoms with Gasteiger partial charge in [-0.15, -0.1) is 0 Å². The molecule has 16 heavy (non-hydrogen) atoms. The molecule has 1 aromatic carbocycles. The second-order valence-electron chi connectivity index (χ2n) is 5.01. The van der Waals surface area contributed by atoms with E-state index in [2.05, 4.69) is 19.1 Å². The van der Waals surface area contributed by atoms with E-state index < -0.39 is 0 Å². The summed E-state index contributed by atoms with van der Waals surface area (Å²) in [5, 5.41) is 0. The standard InChI is InChI=1S/C14H18O2/c1-11-13(16-14(11)7-8-14)10-15-9-12-5-3-2-4-6-12/h2-6,11,13H,7-10H2,1H3/t11-,13-/m1/s1. The normalized spacial score (nSPS) is 30.1.